The van der Waals surface area contributed by atoms with Crippen LogP contribution in [-0.2, 0) is 4.79 Å². The second-order valence-corrected chi connectivity index (χ2v) is 4.64. The molecule has 2 rings (SSSR count). The number of carboxylic acid groups (broad SMARTS) is 1. The Morgan fingerprint density at radius 3 is 2.60 bits per heavy atom. The lowest BCUT2D eigenvalue weighted by molar-refractivity contribution is -0.124. The molecule has 0 aliphatic carbocycles. The summed E-state index contributed by atoms with van der Waals surface area (Å²) in [7, 11) is 0. The molecule has 6 nitrogen and oxygen atoms in total. The predicted octanol–water partition coefficient (Wildman–Crippen LogP) is 1.13. The Morgan fingerprint density at radius 1 is 1.25 bits per heavy atom. The topological polar surface area (TPSA) is 86.7 Å². The maximum absolute atomic E-state index is 11.9. The zero-order chi connectivity index (χ0) is 14.5. The van der Waals surface area contributed by atoms with E-state index in [0.29, 0.717) is 24.9 Å². The Bertz CT molecular complexity index is 515. The molecule has 1 aromatic rings. The smallest absolute Gasteiger partial charge is 0.407 e. The highest BCUT2D eigenvalue weighted by Gasteiger charge is 2.33. The van der Waals surface area contributed by atoms with E-state index in [1.54, 1.807) is 30.3 Å². The van der Waals surface area contributed by atoms with Crippen molar-refractivity contribution in [1.82, 2.24) is 10.2 Å². The molecule has 1 unspecified atom stereocenters. The third-order valence-corrected chi connectivity index (χ3v) is 3.32. The molecular weight excluding hydrogens is 260 g/mol. The van der Waals surface area contributed by atoms with Crippen molar-refractivity contribution in [3.63, 3.8) is 0 Å². The van der Waals surface area contributed by atoms with Crippen molar-refractivity contribution in [2.45, 2.75) is 18.9 Å². The van der Waals surface area contributed by atoms with Gasteiger partial charge in [-0.2, -0.15) is 0 Å². The number of carbonyl (C=O) groups is 3. The van der Waals surface area contributed by atoms with Crippen molar-refractivity contribution in [1.29, 1.82) is 0 Å². The number of nitrogens with zero attached hydrogens (tertiary/aromatic N) is 1. The number of hydrogen-bond donors (Lipinski definition) is 2. The number of carbonyl (C=O) groups excluding carboxylic acids is 2. The van der Waals surface area contributed by atoms with E-state index in [9.17, 15) is 14.4 Å². The van der Waals surface area contributed by atoms with E-state index in [-0.39, 0.29) is 12.3 Å². The second-order valence-electron chi connectivity index (χ2n) is 4.64. The Balaban J connectivity index is 1.89. The summed E-state index contributed by atoms with van der Waals surface area (Å²) in [4.78, 5) is 35.8. The maximum atomic E-state index is 11.9. The van der Waals surface area contributed by atoms with Gasteiger partial charge >= 0.3 is 6.09 Å². The highest BCUT2D eigenvalue weighted by molar-refractivity contribution is 6.00. The van der Waals surface area contributed by atoms with Gasteiger partial charge in [0.05, 0.1) is 6.54 Å². The first-order valence-electron chi connectivity index (χ1n) is 6.45. The lowest BCUT2D eigenvalue weighted by Gasteiger charge is -2.20. The van der Waals surface area contributed by atoms with Crippen molar-refractivity contribution in [3.8, 4) is 0 Å². The fraction of sp³-hybridized carbons (Fsp3) is 0.357. The minimum absolute atomic E-state index is 0.118. The normalized spacial score (nSPS) is 17.8. The highest BCUT2D eigenvalue weighted by atomic mass is 16.4. The average molecular weight is 276 g/mol. The molecule has 6 heteroatoms. The fourth-order valence-electron chi connectivity index (χ4n) is 2.28. The molecule has 1 aliphatic rings. The molecule has 1 saturated heterocycles. The van der Waals surface area contributed by atoms with Gasteiger partial charge in [-0.1, -0.05) is 30.3 Å². The number of amides is 2. The third-order valence-electron chi connectivity index (χ3n) is 3.32. The van der Waals surface area contributed by atoms with Crippen LogP contribution in [0, 0.1) is 0 Å². The largest absolute Gasteiger partial charge is 0.465 e. The van der Waals surface area contributed by atoms with Crippen molar-refractivity contribution in [3.05, 3.63) is 35.9 Å². The van der Waals surface area contributed by atoms with Gasteiger partial charge in [0, 0.05) is 12.1 Å². The van der Waals surface area contributed by atoms with E-state index in [4.69, 9.17) is 5.11 Å². The summed E-state index contributed by atoms with van der Waals surface area (Å²) >= 11 is 0. The van der Waals surface area contributed by atoms with Gasteiger partial charge in [-0.15, -0.1) is 0 Å². The van der Waals surface area contributed by atoms with Crippen LogP contribution in [0.15, 0.2) is 30.3 Å². The standard InChI is InChI=1S/C14H16N2O4/c17-12(10-5-2-1-3-6-10)9-15-13(18)11-7-4-8-16(11)14(19)20/h1-3,5-6,11H,4,7-9H2,(H,15,18)(H,19,20). The van der Waals surface area contributed by atoms with Gasteiger partial charge in [0.2, 0.25) is 5.91 Å². The average Bonchev–Trinajstić information content (AvgIpc) is 2.95. The van der Waals surface area contributed by atoms with Crippen LogP contribution in [0.2, 0.25) is 0 Å². The van der Waals surface area contributed by atoms with Gasteiger partial charge < -0.3 is 10.4 Å². The Hall–Kier alpha value is -2.37. The van der Waals surface area contributed by atoms with Crippen molar-refractivity contribution in [2.75, 3.05) is 13.1 Å². The molecule has 1 atom stereocenters. The number of benzene rings is 1. The number of nitrogens with one attached hydrogen (secondary N) is 1. The number of likely N-dealkylation sites (tertiary alicyclic amines) is 1. The minimum atomic E-state index is -1.10. The fourth-order valence-corrected chi connectivity index (χ4v) is 2.28. The molecule has 1 fully saturated rings. The zero-order valence-electron chi connectivity index (χ0n) is 10.9. The predicted molar refractivity (Wildman–Crippen MR) is 71.5 cm³/mol. The molecule has 106 valence electrons. The molecule has 2 amide bonds. The van der Waals surface area contributed by atoms with Crippen LogP contribution in [-0.4, -0.2) is 46.9 Å². The summed E-state index contributed by atoms with van der Waals surface area (Å²) < 4.78 is 0. The molecular formula is C14H16N2O4. The summed E-state index contributed by atoms with van der Waals surface area (Å²) in [5, 5.41) is 11.5. The number of Topliss-reactive ketones (excluding diaryl/α,β-unsaturated/α-hetero) is 1. The van der Waals surface area contributed by atoms with Crippen LogP contribution in [0.5, 0.6) is 0 Å². The summed E-state index contributed by atoms with van der Waals surface area (Å²) in [5.41, 5.74) is 0.523. The van der Waals surface area contributed by atoms with Gasteiger partial charge in [0.1, 0.15) is 6.04 Å². The molecule has 20 heavy (non-hydrogen) atoms. The number of rotatable bonds is 4. The lowest BCUT2D eigenvalue weighted by atomic mass is 10.1. The number of ketones is 1. The van der Waals surface area contributed by atoms with Crippen molar-refractivity contribution >= 4 is 17.8 Å². The zero-order valence-corrected chi connectivity index (χ0v) is 10.9. The van der Waals surface area contributed by atoms with Crippen LogP contribution < -0.4 is 5.32 Å². The summed E-state index contributed by atoms with van der Waals surface area (Å²) in [6.07, 6.45) is 0.0614. The van der Waals surface area contributed by atoms with E-state index in [2.05, 4.69) is 5.32 Å². The molecule has 1 aliphatic heterocycles. The quantitative estimate of drug-likeness (QED) is 0.807. The van der Waals surface area contributed by atoms with Gasteiger partial charge in [0.25, 0.3) is 0 Å². The van der Waals surface area contributed by atoms with Crippen LogP contribution in [0.4, 0.5) is 4.79 Å². The first-order valence-corrected chi connectivity index (χ1v) is 6.45. The van der Waals surface area contributed by atoms with Crippen LogP contribution in [0.1, 0.15) is 23.2 Å². The summed E-state index contributed by atoms with van der Waals surface area (Å²) in [5.74, 6) is -0.604. The van der Waals surface area contributed by atoms with E-state index in [1.165, 1.54) is 0 Å². The van der Waals surface area contributed by atoms with E-state index in [1.807, 2.05) is 0 Å². The molecule has 1 heterocycles. The van der Waals surface area contributed by atoms with Crippen LogP contribution >= 0.6 is 0 Å². The van der Waals surface area contributed by atoms with E-state index >= 15 is 0 Å². The highest BCUT2D eigenvalue weighted by Crippen LogP contribution is 2.17. The molecule has 2 N–H and O–H groups in total. The summed E-state index contributed by atoms with van der Waals surface area (Å²) in [6, 6.07) is 7.96. The first kappa shape index (κ1) is 14.0. The van der Waals surface area contributed by atoms with Crippen LogP contribution in [0.25, 0.3) is 0 Å². The van der Waals surface area contributed by atoms with Crippen LogP contribution in [0.3, 0.4) is 0 Å². The Labute approximate surface area is 116 Å². The Morgan fingerprint density at radius 2 is 1.95 bits per heavy atom. The SMILES string of the molecule is O=C(CNC(=O)C1CCCN1C(=O)O)c1ccccc1. The lowest BCUT2D eigenvalue weighted by Crippen LogP contribution is -2.46. The monoisotopic (exact) mass is 276 g/mol. The second kappa shape index (κ2) is 6.18. The van der Waals surface area contributed by atoms with Crippen molar-refractivity contribution < 1.29 is 19.5 Å². The van der Waals surface area contributed by atoms with Gasteiger partial charge in [0.15, 0.2) is 5.78 Å². The molecule has 0 radical (unpaired) electrons. The Kier molecular flexibility index (Phi) is 4.34. The maximum Gasteiger partial charge on any atom is 0.407 e. The third kappa shape index (κ3) is 3.14. The molecule has 0 aromatic heterocycles. The van der Waals surface area contributed by atoms with E-state index < -0.39 is 18.0 Å². The van der Waals surface area contributed by atoms with Gasteiger partial charge in [-0.3, -0.25) is 14.5 Å². The number of hydrogen-bond acceptors (Lipinski definition) is 3. The molecule has 1 aromatic carbocycles. The van der Waals surface area contributed by atoms with Crippen molar-refractivity contribution in [2.24, 2.45) is 0 Å². The molecule has 0 saturated carbocycles. The van der Waals surface area contributed by atoms with E-state index in [0.717, 1.165) is 4.90 Å². The molecule has 0 spiro atoms. The van der Waals surface area contributed by atoms with Gasteiger partial charge in [-0.25, -0.2) is 4.79 Å². The van der Waals surface area contributed by atoms with Gasteiger partial charge in [-0.05, 0) is 12.8 Å². The molecule has 0 bridgehead atoms. The first-order chi connectivity index (χ1) is 9.59. The summed E-state index contributed by atoms with van der Waals surface area (Å²) in [6.45, 7) is 0.243. The minimum Gasteiger partial charge on any atom is -0.465 e.